The van der Waals surface area contributed by atoms with E-state index in [0.29, 0.717) is 6.42 Å². The van der Waals surface area contributed by atoms with Crippen molar-refractivity contribution in [2.75, 3.05) is 26.4 Å². The highest BCUT2D eigenvalue weighted by Gasteiger charge is 2.26. The van der Waals surface area contributed by atoms with E-state index in [4.69, 9.17) is 24.3 Å². The number of esters is 2. The Morgan fingerprint density at radius 1 is 0.345 bits per heavy atom. The van der Waals surface area contributed by atoms with Crippen LogP contribution in [0.5, 0.6) is 0 Å². The number of phosphoric ester groups is 1. The number of carbonyl (C=O) groups excluding carboxylic acids is 2. The average molecular weight is 1220 g/mol. The Hall–Kier alpha value is -4.89. The van der Waals surface area contributed by atoms with E-state index in [-0.39, 0.29) is 32.6 Å². The molecule has 0 rings (SSSR count). The van der Waals surface area contributed by atoms with Gasteiger partial charge in [-0.3, -0.25) is 18.6 Å². The van der Waals surface area contributed by atoms with Crippen molar-refractivity contribution in [3.05, 3.63) is 182 Å². The first-order chi connectivity index (χ1) is 42.8. The molecule has 0 bridgehead atoms. The molecule has 2 atom stereocenters. The predicted octanol–water partition coefficient (Wildman–Crippen LogP) is 22.7. The number of hydrogen-bond acceptors (Lipinski definition) is 8. The van der Waals surface area contributed by atoms with Crippen LogP contribution < -0.4 is 5.73 Å². The van der Waals surface area contributed by atoms with Gasteiger partial charge in [0, 0.05) is 19.4 Å². The number of nitrogens with two attached hydrogens (primary N) is 1. The third-order valence-electron chi connectivity index (χ3n) is 13.8. The molecular weight excluding hydrogens is 1100 g/mol. The second kappa shape index (κ2) is 70.2. The molecule has 0 aromatic rings. The maximum atomic E-state index is 12.8. The molecule has 0 fully saturated rings. The van der Waals surface area contributed by atoms with E-state index in [1.54, 1.807) is 0 Å². The number of ether oxygens (including phenoxy) is 2. The van der Waals surface area contributed by atoms with Crippen LogP contribution in [0.3, 0.4) is 0 Å². The predicted molar refractivity (Wildman–Crippen MR) is 376 cm³/mol. The maximum absolute atomic E-state index is 12.8. The summed E-state index contributed by atoms with van der Waals surface area (Å²) in [5.41, 5.74) is 5.40. The van der Waals surface area contributed by atoms with Crippen molar-refractivity contribution in [1.82, 2.24) is 0 Å². The molecule has 0 amide bonds. The highest BCUT2D eigenvalue weighted by atomic mass is 31.2. The average Bonchev–Trinajstić information content (AvgIpc) is 3.65. The molecule has 9 nitrogen and oxygen atoms in total. The van der Waals surface area contributed by atoms with Gasteiger partial charge >= 0.3 is 19.8 Å². The van der Waals surface area contributed by atoms with E-state index in [0.717, 1.165) is 154 Å². The van der Waals surface area contributed by atoms with Crippen molar-refractivity contribution in [3.63, 3.8) is 0 Å². The van der Waals surface area contributed by atoms with Gasteiger partial charge in [-0.1, -0.05) is 292 Å². The Kier molecular flexibility index (Phi) is 66.3. The lowest BCUT2D eigenvalue weighted by Gasteiger charge is -2.19. The lowest BCUT2D eigenvalue weighted by Crippen LogP contribution is -2.29. The molecule has 0 saturated heterocycles. The molecule has 2 unspecified atom stereocenters. The molecular formula is C77H124NO8P. The maximum Gasteiger partial charge on any atom is 0.472 e. The minimum atomic E-state index is -4.41. The monoisotopic (exact) mass is 1220 g/mol. The molecule has 0 heterocycles. The van der Waals surface area contributed by atoms with E-state index in [2.05, 4.69) is 196 Å². The third-order valence-corrected chi connectivity index (χ3v) is 14.8. The second-order valence-electron chi connectivity index (χ2n) is 21.9. The lowest BCUT2D eigenvalue weighted by atomic mass is 10.0. The summed E-state index contributed by atoms with van der Waals surface area (Å²) in [4.78, 5) is 35.3. The van der Waals surface area contributed by atoms with Crippen LogP contribution in [0, 0.1) is 0 Å². The number of unbranched alkanes of at least 4 members (excludes halogenated alkanes) is 19. The SMILES string of the molecule is CC/C=C\C/C=C\C/C=C\C/C=C\C/C=C\C/C=C\C/C=C\C/C=C\C/C=C\C/C=C\C/C=C\CCCCCCCCCC(=O)OC(COC(=O)CCCCCCCCCCCCCC/C=C\C/C=C\C/C=C\C/C=C\CC)COP(=O)(O)OCCN. The third kappa shape index (κ3) is 70.1. The lowest BCUT2D eigenvalue weighted by molar-refractivity contribution is -0.161. The molecule has 0 radical (unpaired) electrons. The highest BCUT2D eigenvalue weighted by molar-refractivity contribution is 7.47. The van der Waals surface area contributed by atoms with Crippen molar-refractivity contribution in [1.29, 1.82) is 0 Å². The minimum Gasteiger partial charge on any atom is -0.462 e. The summed E-state index contributed by atoms with van der Waals surface area (Å²) in [6.45, 7) is 3.49. The van der Waals surface area contributed by atoms with Crippen LogP contribution in [0.15, 0.2) is 182 Å². The van der Waals surface area contributed by atoms with Crippen molar-refractivity contribution in [3.8, 4) is 0 Å². The zero-order chi connectivity index (χ0) is 63.0. The van der Waals surface area contributed by atoms with E-state index in [1.165, 1.54) is 70.6 Å². The first-order valence-electron chi connectivity index (χ1n) is 34.3. The molecule has 87 heavy (non-hydrogen) atoms. The van der Waals surface area contributed by atoms with Crippen LogP contribution in [0.25, 0.3) is 0 Å². The summed E-state index contributed by atoms with van der Waals surface area (Å²) in [6.07, 6.45) is 105. The molecule has 3 N–H and O–H groups in total. The standard InChI is InChI=1S/C77H124NO8P/c1-3-5-7-9-11-13-15-17-19-21-23-25-27-29-30-31-32-33-34-35-36-37-38-39-40-41-42-43-44-46-48-50-52-54-56-58-60-62-64-66-68-70-77(80)86-75(74-85-87(81,82)84-72-71-78)73-83-76(79)69-67-65-63-61-59-57-55-53-51-49-47-45-28-26-24-22-20-18-16-14-12-10-8-6-4-2/h5-8,11-14,17-20,23-26,29-30,32-33,35-36,38-39,41-42,44,46,50,52,75H,3-4,9-10,15-16,21-22,27-28,31,34,37,40,43,45,47-49,51,53-74,78H2,1-2H3,(H,81,82)/b7-5-,8-6-,13-11-,14-12-,19-17-,20-18-,25-23-,26-24-,30-29-,33-32-,36-35-,39-38-,42-41-,46-44-,52-50-. The number of rotatable bonds is 62. The second-order valence-corrected chi connectivity index (χ2v) is 23.4. The first kappa shape index (κ1) is 82.1. The molecule has 0 spiro atoms. The minimum absolute atomic E-state index is 0.0423. The fourth-order valence-electron chi connectivity index (χ4n) is 8.81. The molecule has 10 heteroatoms. The van der Waals surface area contributed by atoms with Crippen LogP contribution in [0.2, 0.25) is 0 Å². The molecule has 490 valence electrons. The summed E-state index contributed by atoms with van der Waals surface area (Å²) in [7, 11) is -4.41. The van der Waals surface area contributed by atoms with Gasteiger partial charge in [-0.05, 0) is 135 Å². The van der Waals surface area contributed by atoms with Gasteiger partial charge < -0.3 is 20.1 Å². The largest absolute Gasteiger partial charge is 0.472 e. The van der Waals surface area contributed by atoms with Crippen molar-refractivity contribution in [2.45, 2.75) is 264 Å². The van der Waals surface area contributed by atoms with Gasteiger partial charge in [0.15, 0.2) is 6.10 Å². The Morgan fingerprint density at radius 3 is 0.885 bits per heavy atom. The summed E-state index contributed by atoms with van der Waals surface area (Å²) in [6, 6.07) is 0. The Bertz CT molecular complexity index is 2080. The number of allylic oxidation sites excluding steroid dienone is 30. The number of carbonyl (C=O) groups is 2. The quantitative estimate of drug-likeness (QED) is 0.0264. The van der Waals surface area contributed by atoms with Gasteiger partial charge in [0.1, 0.15) is 6.61 Å². The van der Waals surface area contributed by atoms with Crippen LogP contribution in [0.4, 0.5) is 0 Å². The van der Waals surface area contributed by atoms with E-state index < -0.39 is 32.5 Å². The van der Waals surface area contributed by atoms with E-state index in [9.17, 15) is 19.0 Å². The molecule has 0 aliphatic carbocycles. The number of phosphoric acid groups is 1. The molecule has 0 aliphatic heterocycles. The van der Waals surface area contributed by atoms with Gasteiger partial charge in [0.05, 0.1) is 13.2 Å². The molecule has 0 aromatic heterocycles. The summed E-state index contributed by atoms with van der Waals surface area (Å²) < 4.78 is 33.1. The van der Waals surface area contributed by atoms with Crippen molar-refractivity contribution in [2.24, 2.45) is 5.73 Å². The Morgan fingerprint density at radius 2 is 0.598 bits per heavy atom. The van der Waals surface area contributed by atoms with Gasteiger partial charge in [-0.15, -0.1) is 0 Å². The van der Waals surface area contributed by atoms with Gasteiger partial charge in [0.2, 0.25) is 0 Å². The molecule has 0 aliphatic rings. The molecule has 0 aromatic carbocycles. The fourth-order valence-corrected chi connectivity index (χ4v) is 9.57. The van der Waals surface area contributed by atoms with Crippen LogP contribution in [-0.2, 0) is 32.7 Å². The van der Waals surface area contributed by atoms with Gasteiger partial charge in [-0.25, -0.2) is 4.57 Å². The smallest absolute Gasteiger partial charge is 0.462 e. The van der Waals surface area contributed by atoms with Crippen molar-refractivity contribution < 1.29 is 37.6 Å². The topological polar surface area (TPSA) is 134 Å². The Balaban J connectivity index is 4.00. The first-order valence-corrected chi connectivity index (χ1v) is 35.8. The number of hydrogen-bond donors (Lipinski definition) is 2. The van der Waals surface area contributed by atoms with E-state index in [1.807, 2.05) is 0 Å². The van der Waals surface area contributed by atoms with Crippen LogP contribution in [-0.4, -0.2) is 49.3 Å². The molecule has 0 saturated carbocycles. The summed E-state index contributed by atoms with van der Waals surface area (Å²) in [5, 5.41) is 0. The summed E-state index contributed by atoms with van der Waals surface area (Å²) >= 11 is 0. The zero-order valence-electron chi connectivity index (χ0n) is 54.9. The van der Waals surface area contributed by atoms with Gasteiger partial charge in [-0.2, -0.15) is 0 Å². The van der Waals surface area contributed by atoms with E-state index >= 15 is 0 Å². The van der Waals surface area contributed by atoms with Crippen LogP contribution >= 0.6 is 7.82 Å². The normalized spacial score (nSPS) is 14.1. The zero-order valence-corrected chi connectivity index (χ0v) is 55.8. The van der Waals surface area contributed by atoms with Crippen LogP contribution in [0.1, 0.15) is 258 Å². The van der Waals surface area contributed by atoms with Crippen molar-refractivity contribution >= 4 is 19.8 Å². The fraction of sp³-hybridized carbons (Fsp3) is 0.584. The van der Waals surface area contributed by atoms with Gasteiger partial charge in [0.25, 0.3) is 0 Å². The Labute approximate surface area is 533 Å². The summed E-state index contributed by atoms with van der Waals surface area (Å²) in [5.74, 6) is -0.852. The highest BCUT2D eigenvalue weighted by Crippen LogP contribution is 2.43.